The van der Waals surface area contributed by atoms with Crippen LogP contribution in [0, 0.1) is 5.92 Å². The molecule has 3 nitrogen and oxygen atoms in total. The van der Waals surface area contributed by atoms with Gasteiger partial charge in [0.2, 0.25) is 0 Å². The number of benzene rings is 1. The fourth-order valence-electron chi connectivity index (χ4n) is 3.13. The molecule has 112 valence electrons. The van der Waals surface area contributed by atoms with Crippen LogP contribution in [0.3, 0.4) is 0 Å². The van der Waals surface area contributed by atoms with Gasteiger partial charge in [0.1, 0.15) is 11.5 Å². The van der Waals surface area contributed by atoms with Gasteiger partial charge in [-0.2, -0.15) is 0 Å². The summed E-state index contributed by atoms with van der Waals surface area (Å²) >= 11 is 0. The number of rotatable bonds is 5. The van der Waals surface area contributed by atoms with Gasteiger partial charge in [-0.25, -0.2) is 0 Å². The molecule has 2 rings (SSSR count). The van der Waals surface area contributed by atoms with Gasteiger partial charge in [0, 0.05) is 18.2 Å². The summed E-state index contributed by atoms with van der Waals surface area (Å²) in [5.41, 5.74) is 1.27. The van der Waals surface area contributed by atoms with Crippen LogP contribution in [-0.2, 0) is 0 Å². The highest BCUT2D eigenvalue weighted by atomic mass is 16.5. The van der Waals surface area contributed by atoms with Gasteiger partial charge in [0.15, 0.2) is 0 Å². The lowest BCUT2D eigenvalue weighted by molar-refractivity contribution is 0.130. The van der Waals surface area contributed by atoms with Crippen molar-refractivity contribution in [3.63, 3.8) is 0 Å². The minimum atomic E-state index is 0.455. The molecule has 1 aromatic carbocycles. The van der Waals surface area contributed by atoms with E-state index >= 15 is 0 Å². The molecular formula is C17H27NO2. The fraction of sp³-hybridized carbons (Fsp3) is 0.647. The highest BCUT2D eigenvalue weighted by Crippen LogP contribution is 2.38. The molecule has 0 spiro atoms. The van der Waals surface area contributed by atoms with Crippen molar-refractivity contribution >= 4 is 0 Å². The van der Waals surface area contributed by atoms with E-state index in [2.05, 4.69) is 24.8 Å². The molecule has 1 aromatic rings. The molecule has 1 unspecified atom stereocenters. The topological polar surface area (TPSA) is 21.7 Å². The lowest BCUT2D eigenvalue weighted by Crippen LogP contribution is -2.36. The third-order valence-corrected chi connectivity index (χ3v) is 4.01. The van der Waals surface area contributed by atoms with Crippen molar-refractivity contribution in [3.05, 3.63) is 23.8 Å². The molecule has 1 fully saturated rings. The molecule has 3 heteroatoms. The average molecular weight is 277 g/mol. The third-order valence-electron chi connectivity index (χ3n) is 4.01. The van der Waals surface area contributed by atoms with Crippen LogP contribution in [-0.4, -0.2) is 32.2 Å². The fourth-order valence-corrected chi connectivity index (χ4v) is 3.13. The van der Waals surface area contributed by atoms with Crippen LogP contribution < -0.4 is 9.47 Å². The maximum atomic E-state index is 5.57. The zero-order valence-corrected chi connectivity index (χ0v) is 13.2. The van der Waals surface area contributed by atoms with Gasteiger partial charge in [-0.3, -0.25) is 4.90 Å². The Morgan fingerprint density at radius 2 is 2.00 bits per heavy atom. The number of nitrogens with zero attached hydrogens (tertiary/aromatic N) is 1. The van der Waals surface area contributed by atoms with E-state index in [0.717, 1.165) is 18.0 Å². The van der Waals surface area contributed by atoms with Crippen molar-refractivity contribution < 1.29 is 9.47 Å². The SMILES string of the molecule is COc1ccc(OC)c(C2CCCCN2CC(C)C)c1. The summed E-state index contributed by atoms with van der Waals surface area (Å²) in [6.45, 7) is 6.90. The second-order valence-corrected chi connectivity index (χ2v) is 6.01. The summed E-state index contributed by atoms with van der Waals surface area (Å²) in [6, 6.07) is 6.59. The van der Waals surface area contributed by atoms with Crippen LogP contribution in [0.15, 0.2) is 18.2 Å². The summed E-state index contributed by atoms with van der Waals surface area (Å²) in [5.74, 6) is 2.58. The van der Waals surface area contributed by atoms with Gasteiger partial charge in [-0.05, 0) is 43.5 Å². The molecule has 0 bridgehead atoms. The molecule has 1 aliphatic heterocycles. The Balaban J connectivity index is 2.30. The monoisotopic (exact) mass is 277 g/mol. The molecule has 0 aromatic heterocycles. The van der Waals surface area contributed by atoms with Crippen molar-refractivity contribution in [2.75, 3.05) is 27.3 Å². The summed E-state index contributed by atoms with van der Waals surface area (Å²) in [4.78, 5) is 2.60. The number of methoxy groups -OCH3 is 2. The number of piperidine rings is 1. The quantitative estimate of drug-likeness (QED) is 0.815. The van der Waals surface area contributed by atoms with Gasteiger partial charge in [-0.1, -0.05) is 20.3 Å². The van der Waals surface area contributed by atoms with E-state index in [1.807, 2.05) is 12.1 Å². The Morgan fingerprint density at radius 1 is 1.20 bits per heavy atom. The summed E-state index contributed by atoms with van der Waals surface area (Å²) in [5, 5.41) is 0. The highest BCUT2D eigenvalue weighted by molar-refractivity contribution is 5.42. The normalized spacial score (nSPS) is 20.1. The van der Waals surface area contributed by atoms with E-state index in [0.29, 0.717) is 12.0 Å². The summed E-state index contributed by atoms with van der Waals surface area (Å²) < 4.78 is 11.0. The Hall–Kier alpha value is -1.22. The number of hydrogen-bond acceptors (Lipinski definition) is 3. The van der Waals surface area contributed by atoms with E-state index in [4.69, 9.17) is 9.47 Å². The lowest BCUT2D eigenvalue weighted by atomic mass is 9.93. The predicted molar refractivity (Wildman–Crippen MR) is 82.5 cm³/mol. The molecule has 20 heavy (non-hydrogen) atoms. The van der Waals surface area contributed by atoms with Crippen LogP contribution in [0.2, 0.25) is 0 Å². The minimum Gasteiger partial charge on any atom is -0.497 e. The van der Waals surface area contributed by atoms with Crippen LogP contribution in [0.1, 0.15) is 44.7 Å². The molecule has 1 heterocycles. The van der Waals surface area contributed by atoms with E-state index in [-0.39, 0.29) is 0 Å². The van der Waals surface area contributed by atoms with Crippen molar-refractivity contribution in [1.29, 1.82) is 0 Å². The van der Waals surface area contributed by atoms with E-state index in [1.54, 1.807) is 14.2 Å². The van der Waals surface area contributed by atoms with Crippen LogP contribution in [0.4, 0.5) is 0 Å². The van der Waals surface area contributed by atoms with Crippen LogP contribution >= 0.6 is 0 Å². The average Bonchev–Trinajstić information content (AvgIpc) is 2.46. The number of hydrogen-bond donors (Lipinski definition) is 0. The smallest absolute Gasteiger partial charge is 0.123 e. The van der Waals surface area contributed by atoms with Gasteiger partial charge in [-0.15, -0.1) is 0 Å². The number of ether oxygens (including phenoxy) is 2. The molecule has 0 N–H and O–H groups in total. The minimum absolute atomic E-state index is 0.455. The summed E-state index contributed by atoms with van der Waals surface area (Å²) in [6.07, 6.45) is 3.80. The van der Waals surface area contributed by atoms with Crippen molar-refractivity contribution in [3.8, 4) is 11.5 Å². The Bertz CT molecular complexity index is 431. The van der Waals surface area contributed by atoms with E-state index in [9.17, 15) is 0 Å². The maximum absolute atomic E-state index is 5.57. The zero-order chi connectivity index (χ0) is 14.5. The molecule has 0 saturated carbocycles. The predicted octanol–water partition coefficient (Wildman–Crippen LogP) is 3.89. The van der Waals surface area contributed by atoms with Crippen molar-refractivity contribution in [2.24, 2.45) is 5.92 Å². The van der Waals surface area contributed by atoms with Crippen LogP contribution in [0.25, 0.3) is 0 Å². The van der Waals surface area contributed by atoms with Gasteiger partial charge in [0.25, 0.3) is 0 Å². The molecule has 0 aliphatic carbocycles. The lowest BCUT2D eigenvalue weighted by Gasteiger charge is -2.37. The highest BCUT2D eigenvalue weighted by Gasteiger charge is 2.27. The first-order valence-corrected chi connectivity index (χ1v) is 7.61. The first kappa shape index (κ1) is 15.2. The zero-order valence-electron chi connectivity index (χ0n) is 13.2. The molecule has 1 aliphatic rings. The maximum Gasteiger partial charge on any atom is 0.123 e. The Labute approximate surface area is 122 Å². The Kier molecular flexibility index (Phi) is 5.30. The molecule has 1 atom stereocenters. The van der Waals surface area contributed by atoms with Crippen LogP contribution in [0.5, 0.6) is 11.5 Å². The number of likely N-dealkylation sites (tertiary alicyclic amines) is 1. The van der Waals surface area contributed by atoms with Crippen molar-refractivity contribution in [2.45, 2.75) is 39.2 Å². The van der Waals surface area contributed by atoms with Gasteiger partial charge in [0.05, 0.1) is 14.2 Å². The standard InChI is InChI=1S/C17H27NO2/c1-13(2)12-18-10-6-5-7-16(18)15-11-14(19-3)8-9-17(15)20-4/h8-9,11,13,16H,5-7,10,12H2,1-4H3. The second kappa shape index (κ2) is 6.98. The van der Waals surface area contributed by atoms with Gasteiger partial charge < -0.3 is 9.47 Å². The molecule has 0 radical (unpaired) electrons. The third kappa shape index (κ3) is 3.45. The Morgan fingerprint density at radius 3 is 2.65 bits per heavy atom. The van der Waals surface area contributed by atoms with E-state index < -0.39 is 0 Å². The first-order valence-electron chi connectivity index (χ1n) is 7.61. The van der Waals surface area contributed by atoms with E-state index in [1.165, 1.54) is 31.4 Å². The molecular weight excluding hydrogens is 250 g/mol. The summed E-state index contributed by atoms with van der Waals surface area (Å²) in [7, 11) is 3.47. The first-order chi connectivity index (χ1) is 9.65. The molecule has 0 amide bonds. The van der Waals surface area contributed by atoms with Gasteiger partial charge >= 0.3 is 0 Å². The molecule has 1 saturated heterocycles. The second-order valence-electron chi connectivity index (χ2n) is 6.01. The van der Waals surface area contributed by atoms with Crippen molar-refractivity contribution in [1.82, 2.24) is 4.90 Å². The largest absolute Gasteiger partial charge is 0.497 e.